The largest absolute Gasteiger partial charge is 0.492 e. The van der Waals surface area contributed by atoms with Gasteiger partial charge in [-0.15, -0.1) is 0 Å². The van der Waals surface area contributed by atoms with Gasteiger partial charge in [0.15, 0.2) is 0 Å². The Hall–Kier alpha value is -3.19. The van der Waals surface area contributed by atoms with Gasteiger partial charge in [-0.2, -0.15) is 0 Å². The molecule has 1 aromatic heterocycles. The Labute approximate surface area is 174 Å². The Bertz CT molecular complexity index is 1130. The molecule has 3 aromatic rings. The molecule has 156 valence electrons. The summed E-state index contributed by atoms with van der Waals surface area (Å²) in [6, 6.07) is 10.2. The molecule has 7 nitrogen and oxygen atoms in total. The van der Waals surface area contributed by atoms with Gasteiger partial charge in [-0.05, 0) is 68.8 Å². The molecule has 0 amide bonds. The smallest absolute Gasteiger partial charge is 0.336 e. The van der Waals surface area contributed by atoms with Gasteiger partial charge in [-0.25, -0.2) is 9.78 Å². The molecule has 0 spiro atoms. The SMILES string of the molecule is Cc1c(C(=O)O)cccc1-n1cnc2ccc(OCCN3CCCCC3)cc2c1=O. The fourth-order valence-electron chi connectivity index (χ4n) is 3.95. The van der Waals surface area contributed by atoms with E-state index >= 15 is 0 Å². The Morgan fingerprint density at radius 3 is 2.73 bits per heavy atom. The molecule has 0 aliphatic carbocycles. The number of carboxylic acids is 1. The number of ether oxygens (including phenoxy) is 1. The Balaban J connectivity index is 1.61. The minimum absolute atomic E-state index is 0.161. The van der Waals surface area contributed by atoms with Crippen LogP contribution in [0.2, 0.25) is 0 Å². The summed E-state index contributed by atoms with van der Waals surface area (Å²) < 4.78 is 7.29. The zero-order valence-corrected chi connectivity index (χ0v) is 17.0. The van der Waals surface area contributed by atoms with E-state index in [0.29, 0.717) is 34.5 Å². The summed E-state index contributed by atoms with van der Waals surface area (Å²) in [7, 11) is 0. The minimum Gasteiger partial charge on any atom is -0.492 e. The molecule has 7 heteroatoms. The number of benzene rings is 2. The molecule has 1 aliphatic rings. The summed E-state index contributed by atoms with van der Waals surface area (Å²) in [5.74, 6) is -0.396. The number of nitrogens with zero attached hydrogens (tertiary/aromatic N) is 3. The lowest BCUT2D eigenvalue weighted by Crippen LogP contribution is -2.33. The van der Waals surface area contributed by atoms with E-state index in [1.165, 1.54) is 36.2 Å². The predicted octanol–water partition coefficient (Wildman–Crippen LogP) is 3.26. The third-order valence-corrected chi connectivity index (χ3v) is 5.65. The summed E-state index contributed by atoms with van der Waals surface area (Å²) in [5, 5.41) is 9.81. The molecule has 1 N–H and O–H groups in total. The van der Waals surface area contributed by atoms with Crippen LogP contribution in [0.25, 0.3) is 16.6 Å². The van der Waals surface area contributed by atoms with Gasteiger partial charge in [0.05, 0.1) is 22.2 Å². The van der Waals surface area contributed by atoms with Gasteiger partial charge in [-0.3, -0.25) is 14.3 Å². The molecule has 4 rings (SSSR count). The Morgan fingerprint density at radius 1 is 1.17 bits per heavy atom. The van der Waals surface area contributed by atoms with Crippen molar-refractivity contribution >= 4 is 16.9 Å². The van der Waals surface area contributed by atoms with Crippen LogP contribution in [0.5, 0.6) is 5.75 Å². The van der Waals surface area contributed by atoms with Crippen LogP contribution in [0.1, 0.15) is 35.2 Å². The third-order valence-electron chi connectivity index (χ3n) is 5.65. The monoisotopic (exact) mass is 407 g/mol. The van der Waals surface area contributed by atoms with E-state index < -0.39 is 5.97 Å². The third kappa shape index (κ3) is 4.07. The van der Waals surface area contributed by atoms with Gasteiger partial charge in [0.25, 0.3) is 5.56 Å². The first-order valence-electron chi connectivity index (χ1n) is 10.2. The predicted molar refractivity (Wildman–Crippen MR) is 115 cm³/mol. The summed E-state index contributed by atoms with van der Waals surface area (Å²) in [6.45, 7) is 5.36. The average molecular weight is 407 g/mol. The maximum atomic E-state index is 13.1. The molecule has 0 atom stereocenters. The van der Waals surface area contributed by atoms with Crippen molar-refractivity contribution in [3.05, 3.63) is 64.2 Å². The molecule has 0 saturated carbocycles. The highest BCUT2D eigenvalue weighted by Gasteiger charge is 2.14. The lowest BCUT2D eigenvalue weighted by molar-refractivity contribution is 0.0696. The van der Waals surface area contributed by atoms with Crippen molar-refractivity contribution in [2.24, 2.45) is 0 Å². The second kappa shape index (κ2) is 8.67. The van der Waals surface area contributed by atoms with Crippen LogP contribution in [-0.4, -0.2) is 51.8 Å². The molecule has 2 aromatic carbocycles. The summed E-state index contributed by atoms with van der Waals surface area (Å²) >= 11 is 0. The molecule has 30 heavy (non-hydrogen) atoms. The van der Waals surface area contributed by atoms with Crippen molar-refractivity contribution in [2.45, 2.75) is 26.2 Å². The van der Waals surface area contributed by atoms with Gasteiger partial charge in [0.2, 0.25) is 0 Å². The van der Waals surface area contributed by atoms with E-state index in [1.807, 2.05) is 6.07 Å². The number of aromatic nitrogens is 2. The normalized spacial score (nSPS) is 14.7. The molecular formula is C23H25N3O4. The Kier molecular flexibility index (Phi) is 5.81. The number of carbonyl (C=O) groups is 1. The number of aromatic carboxylic acids is 1. The van der Waals surface area contributed by atoms with E-state index in [1.54, 1.807) is 31.2 Å². The van der Waals surface area contributed by atoms with Crippen LogP contribution in [0, 0.1) is 6.92 Å². The van der Waals surface area contributed by atoms with Gasteiger partial charge < -0.3 is 9.84 Å². The van der Waals surface area contributed by atoms with E-state index in [4.69, 9.17) is 4.74 Å². The molecule has 2 heterocycles. The van der Waals surface area contributed by atoms with Crippen LogP contribution in [0.4, 0.5) is 0 Å². The van der Waals surface area contributed by atoms with Crippen molar-refractivity contribution in [1.82, 2.24) is 14.5 Å². The zero-order chi connectivity index (χ0) is 21.1. The van der Waals surface area contributed by atoms with Gasteiger partial charge >= 0.3 is 5.97 Å². The summed E-state index contributed by atoms with van der Waals surface area (Å²) in [6.07, 6.45) is 5.22. The van der Waals surface area contributed by atoms with Crippen LogP contribution in [0.3, 0.4) is 0 Å². The average Bonchev–Trinajstić information content (AvgIpc) is 2.75. The fourth-order valence-corrected chi connectivity index (χ4v) is 3.95. The standard InChI is InChI=1S/C23H25N3O4/c1-16-18(23(28)29)6-5-7-21(16)26-15-24-20-9-8-17(14-19(20)22(26)27)30-13-12-25-10-3-2-4-11-25/h5-9,14-15H,2-4,10-13H2,1H3,(H,28,29). The van der Waals surface area contributed by atoms with Crippen molar-refractivity contribution in [3.63, 3.8) is 0 Å². The van der Waals surface area contributed by atoms with Gasteiger partial charge in [-0.1, -0.05) is 12.5 Å². The fraction of sp³-hybridized carbons (Fsp3) is 0.348. The minimum atomic E-state index is -1.03. The van der Waals surface area contributed by atoms with Crippen molar-refractivity contribution < 1.29 is 14.6 Å². The van der Waals surface area contributed by atoms with Crippen LogP contribution >= 0.6 is 0 Å². The van der Waals surface area contributed by atoms with Crippen LogP contribution in [-0.2, 0) is 0 Å². The molecule has 1 saturated heterocycles. The number of carboxylic acid groups (broad SMARTS) is 1. The van der Waals surface area contributed by atoms with Crippen molar-refractivity contribution in [2.75, 3.05) is 26.2 Å². The maximum absolute atomic E-state index is 13.1. The van der Waals surface area contributed by atoms with E-state index in [9.17, 15) is 14.7 Å². The van der Waals surface area contributed by atoms with Gasteiger partial charge in [0.1, 0.15) is 18.7 Å². The first-order valence-corrected chi connectivity index (χ1v) is 10.2. The number of piperidine rings is 1. The quantitative estimate of drug-likeness (QED) is 0.675. The molecule has 0 unspecified atom stereocenters. The first kappa shape index (κ1) is 20.1. The highest BCUT2D eigenvalue weighted by molar-refractivity contribution is 5.90. The lowest BCUT2D eigenvalue weighted by Gasteiger charge is -2.26. The first-order chi connectivity index (χ1) is 14.5. The molecule has 1 aliphatic heterocycles. The molecule has 1 fully saturated rings. The maximum Gasteiger partial charge on any atom is 0.336 e. The molecular weight excluding hydrogens is 382 g/mol. The second-order valence-electron chi connectivity index (χ2n) is 7.60. The summed E-state index contributed by atoms with van der Waals surface area (Å²) in [5.41, 5.74) is 1.50. The highest BCUT2D eigenvalue weighted by atomic mass is 16.5. The number of hydrogen-bond donors (Lipinski definition) is 1. The highest BCUT2D eigenvalue weighted by Crippen LogP contribution is 2.20. The number of rotatable bonds is 6. The topological polar surface area (TPSA) is 84.7 Å². The van der Waals surface area contributed by atoms with E-state index in [2.05, 4.69) is 9.88 Å². The van der Waals surface area contributed by atoms with Gasteiger partial charge in [0, 0.05) is 6.54 Å². The lowest BCUT2D eigenvalue weighted by atomic mass is 10.1. The van der Waals surface area contributed by atoms with Crippen molar-refractivity contribution in [3.8, 4) is 11.4 Å². The van der Waals surface area contributed by atoms with Crippen LogP contribution < -0.4 is 10.3 Å². The molecule has 0 bridgehead atoms. The van der Waals surface area contributed by atoms with E-state index in [-0.39, 0.29) is 11.1 Å². The van der Waals surface area contributed by atoms with E-state index in [0.717, 1.165) is 19.6 Å². The Morgan fingerprint density at radius 2 is 1.97 bits per heavy atom. The van der Waals surface area contributed by atoms with Crippen molar-refractivity contribution in [1.29, 1.82) is 0 Å². The number of hydrogen-bond acceptors (Lipinski definition) is 5. The second-order valence-corrected chi connectivity index (χ2v) is 7.60. The van der Waals surface area contributed by atoms with Crippen LogP contribution in [0.15, 0.2) is 47.5 Å². The summed E-state index contributed by atoms with van der Waals surface area (Å²) in [4.78, 5) is 31.4. The number of fused-ring (bicyclic) bond motifs is 1. The zero-order valence-electron chi connectivity index (χ0n) is 17.0. The molecule has 0 radical (unpaired) electrons. The number of likely N-dealkylation sites (tertiary alicyclic amines) is 1.